The number of hydrogen-bond acceptors (Lipinski definition) is 9. The van der Waals surface area contributed by atoms with Crippen LogP contribution in [0.5, 0.6) is 23.0 Å². The largest absolute Gasteiger partial charge is 0.468 e. The van der Waals surface area contributed by atoms with Crippen molar-refractivity contribution < 1.29 is 76.7 Å². The van der Waals surface area contributed by atoms with E-state index in [9.17, 15) is 83.4 Å². The summed E-state index contributed by atoms with van der Waals surface area (Å²) in [5.41, 5.74) is -15.6. The summed E-state index contributed by atoms with van der Waals surface area (Å²) in [6.07, 6.45) is -25.7. The third-order valence-corrected chi connectivity index (χ3v) is 7.61. The van der Waals surface area contributed by atoms with E-state index in [1.54, 1.807) is 0 Å². The highest BCUT2D eigenvalue weighted by atomic mass is 19.4. The first kappa shape index (κ1) is 43.0. The molecule has 0 radical (unpaired) electrons. The minimum absolute atomic E-state index is 0.120. The van der Waals surface area contributed by atoms with Crippen LogP contribution in [-0.2, 0) is 24.7 Å². The van der Waals surface area contributed by atoms with Gasteiger partial charge in [0.25, 0.3) is 0 Å². The lowest BCUT2D eigenvalue weighted by atomic mass is 9.93. The molecule has 0 fully saturated rings. The maximum atomic E-state index is 14.5. The Hall–Kier alpha value is -6.78. The first-order chi connectivity index (χ1) is 26.2. The summed E-state index contributed by atoms with van der Waals surface area (Å²) in [5.74, 6) is -4.72. The molecule has 4 aromatic carbocycles. The molecule has 0 amide bonds. The third kappa shape index (κ3) is 9.20. The highest BCUT2D eigenvalue weighted by molar-refractivity contribution is 5.87. The Morgan fingerprint density at radius 3 is 1.16 bits per heavy atom. The van der Waals surface area contributed by atoms with Crippen molar-refractivity contribution in [2.24, 2.45) is 0 Å². The van der Waals surface area contributed by atoms with Crippen LogP contribution in [0.3, 0.4) is 0 Å². The first-order valence-electron chi connectivity index (χ1n) is 15.2. The maximum Gasteiger partial charge on any atom is 0.417 e. The minimum Gasteiger partial charge on any atom is -0.468 e. The predicted octanol–water partition coefficient (Wildman–Crippen LogP) is 11.3. The first-order valence-corrected chi connectivity index (χ1v) is 15.2. The second-order valence-corrected chi connectivity index (χ2v) is 11.5. The fourth-order valence-electron chi connectivity index (χ4n) is 5.18. The van der Waals surface area contributed by atoms with Crippen LogP contribution < -0.4 is 14.2 Å². The van der Waals surface area contributed by atoms with Crippen LogP contribution >= 0.6 is 0 Å². The van der Waals surface area contributed by atoms with Crippen LogP contribution in [0.4, 0.5) is 64.1 Å². The van der Waals surface area contributed by atoms with Gasteiger partial charge in [-0.05, 0) is 50.2 Å². The summed E-state index contributed by atoms with van der Waals surface area (Å²) in [7, 11) is 0. The molecule has 0 aliphatic carbocycles. The highest BCUT2D eigenvalue weighted by Crippen LogP contribution is 2.54. The van der Waals surface area contributed by atoms with Gasteiger partial charge in [0.1, 0.15) is 23.6 Å². The van der Waals surface area contributed by atoms with Crippen molar-refractivity contribution in [2.45, 2.75) is 50.8 Å². The van der Waals surface area contributed by atoms with Gasteiger partial charge < -0.3 is 14.2 Å². The molecule has 0 saturated carbocycles. The van der Waals surface area contributed by atoms with Gasteiger partial charge in [0.2, 0.25) is 11.5 Å². The molecule has 11 nitrogen and oxygen atoms in total. The van der Waals surface area contributed by atoms with Crippen molar-refractivity contribution >= 4 is 11.4 Å². The molecule has 0 N–H and O–H groups in total. The van der Waals surface area contributed by atoms with Crippen molar-refractivity contribution in [3.05, 3.63) is 103 Å². The SMILES string of the molecule is CC(C#N)Oc1c([N+](=O)[O-])ccc(Oc2ccc([N+](=O)[O-])c(OC(C)C#N)c2-c2ccc(C(F)(F)F)cc2C(F)(F)F)c1-c1ccc(C(F)(F)F)cc1C(F)(F)F. The Bertz CT molecular complexity index is 2170. The summed E-state index contributed by atoms with van der Waals surface area (Å²) in [6, 6.07) is 4.79. The Morgan fingerprint density at radius 2 is 0.895 bits per heavy atom. The summed E-state index contributed by atoms with van der Waals surface area (Å²) in [4.78, 5) is 21.7. The van der Waals surface area contributed by atoms with Crippen LogP contribution in [-0.4, -0.2) is 22.1 Å². The van der Waals surface area contributed by atoms with E-state index >= 15 is 0 Å². The molecular weight excluding hydrogens is 804 g/mol. The molecule has 300 valence electrons. The van der Waals surface area contributed by atoms with Gasteiger partial charge >= 0.3 is 36.1 Å². The zero-order valence-electron chi connectivity index (χ0n) is 28.1. The number of nitrogens with zero attached hydrogens (tertiary/aromatic N) is 4. The van der Waals surface area contributed by atoms with Gasteiger partial charge in [-0.15, -0.1) is 0 Å². The number of nitriles is 2. The van der Waals surface area contributed by atoms with Crippen LogP contribution in [0.2, 0.25) is 0 Å². The number of rotatable bonds is 10. The molecule has 0 heterocycles. The lowest BCUT2D eigenvalue weighted by molar-refractivity contribution is -0.386. The Balaban J connectivity index is 2.26. The van der Waals surface area contributed by atoms with Gasteiger partial charge in [0.05, 0.1) is 43.2 Å². The number of hydrogen-bond donors (Lipinski definition) is 0. The molecule has 0 aromatic heterocycles. The highest BCUT2D eigenvalue weighted by Gasteiger charge is 2.43. The van der Waals surface area contributed by atoms with Crippen molar-refractivity contribution in [1.29, 1.82) is 10.5 Å². The molecular formula is C34H18F12N4O7. The summed E-state index contributed by atoms with van der Waals surface area (Å²) < 4.78 is 185. The zero-order valence-corrected chi connectivity index (χ0v) is 28.1. The second kappa shape index (κ2) is 15.4. The van der Waals surface area contributed by atoms with Crippen molar-refractivity contribution in [3.63, 3.8) is 0 Å². The van der Waals surface area contributed by atoms with Crippen molar-refractivity contribution in [3.8, 4) is 57.4 Å². The number of nitro groups is 2. The Kier molecular flexibility index (Phi) is 11.6. The molecule has 57 heavy (non-hydrogen) atoms. The molecule has 4 rings (SSSR count). The van der Waals surface area contributed by atoms with Gasteiger partial charge in [0, 0.05) is 23.3 Å². The Morgan fingerprint density at radius 1 is 0.561 bits per heavy atom. The molecule has 0 aliphatic heterocycles. The van der Waals surface area contributed by atoms with Crippen LogP contribution in [0.1, 0.15) is 36.1 Å². The average Bonchev–Trinajstić information content (AvgIpc) is 3.09. The average molecular weight is 823 g/mol. The van der Waals surface area contributed by atoms with Gasteiger partial charge in [-0.3, -0.25) is 20.2 Å². The number of nitro benzene ring substituents is 2. The van der Waals surface area contributed by atoms with E-state index in [1.807, 2.05) is 0 Å². The van der Waals surface area contributed by atoms with Gasteiger partial charge in [-0.2, -0.15) is 63.2 Å². The summed E-state index contributed by atoms with van der Waals surface area (Å²) >= 11 is 0. The van der Waals surface area contributed by atoms with E-state index in [2.05, 4.69) is 0 Å². The van der Waals surface area contributed by atoms with Gasteiger partial charge in [0.15, 0.2) is 12.2 Å². The molecule has 2 unspecified atom stereocenters. The van der Waals surface area contributed by atoms with Gasteiger partial charge in [-0.1, -0.05) is 12.1 Å². The maximum absolute atomic E-state index is 14.5. The number of halogens is 12. The zero-order chi connectivity index (χ0) is 43.0. The third-order valence-electron chi connectivity index (χ3n) is 7.61. The lowest BCUT2D eigenvalue weighted by Gasteiger charge is -2.23. The number of benzene rings is 4. The Labute approximate surface area is 310 Å². The second-order valence-electron chi connectivity index (χ2n) is 11.5. The van der Waals surface area contributed by atoms with Gasteiger partial charge in [-0.25, -0.2) is 0 Å². The molecule has 0 aliphatic rings. The topological polar surface area (TPSA) is 162 Å². The fraction of sp³-hybridized carbons (Fsp3) is 0.235. The monoisotopic (exact) mass is 822 g/mol. The molecule has 0 saturated heterocycles. The summed E-state index contributed by atoms with van der Waals surface area (Å²) in [6.45, 7) is 1.88. The molecule has 4 aromatic rings. The van der Waals surface area contributed by atoms with Crippen molar-refractivity contribution in [2.75, 3.05) is 0 Å². The number of ether oxygens (including phenoxy) is 3. The fourth-order valence-corrected chi connectivity index (χ4v) is 5.18. The smallest absolute Gasteiger partial charge is 0.417 e. The van der Waals surface area contributed by atoms with E-state index in [-0.39, 0.29) is 36.4 Å². The standard InChI is InChI=1S/C34H18F12N4O7/c1-15(13-47)55-29-23(49(51)52)7-9-25(27(29)19-5-3-17(31(35,36)37)11-21(19)33(41,42)43)57-26-10-8-24(50(53)54)30(56-16(2)14-48)28(26)20-6-4-18(32(38,39)40)12-22(20)34(44,45)46/h3-12,15-16H,1-2H3. The molecule has 2 atom stereocenters. The van der Waals surface area contributed by atoms with Crippen LogP contribution in [0.25, 0.3) is 22.3 Å². The number of alkyl halides is 12. The quantitative estimate of drug-likeness (QED) is 0.0861. The minimum atomic E-state index is -5.70. The predicted molar refractivity (Wildman–Crippen MR) is 169 cm³/mol. The lowest BCUT2D eigenvalue weighted by Crippen LogP contribution is -2.15. The molecule has 23 heteroatoms. The van der Waals surface area contributed by atoms with Crippen LogP contribution in [0, 0.1) is 42.9 Å². The van der Waals surface area contributed by atoms with E-state index in [1.165, 1.54) is 12.1 Å². The van der Waals surface area contributed by atoms with E-state index in [0.717, 1.165) is 13.8 Å². The van der Waals surface area contributed by atoms with Crippen LogP contribution in [0.15, 0.2) is 60.7 Å². The molecule has 0 bridgehead atoms. The van der Waals surface area contributed by atoms with E-state index in [0.29, 0.717) is 24.3 Å². The van der Waals surface area contributed by atoms with Crippen molar-refractivity contribution in [1.82, 2.24) is 0 Å². The normalized spacial score (nSPS) is 13.2. The van der Waals surface area contributed by atoms with E-state index in [4.69, 9.17) is 14.2 Å². The molecule has 0 spiro atoms. The summed E-state index contributed by atoms with van der Waals surface area (Å²) in [5, 5.41) is 43.0. The van der Waals surface area contributed by atoms with E-state index < -0.39 is 126 Å².